The van der Waals surface area contributed by atoms with Crippen molar-refractivity contribution in [1.29, 1.82) is 0 Å². The first-order chi connectivity index (χ1) is 17.7. The summed E-state index contributed by atoms with van der Waals surface area (Å²) in [6.07, 6.45) is 12.3. The van der Waals surface area contributed by atoms with Gasteiger partial charge in [0, 0.05) is 53.6 Å². The van der Waals surface area contributed by atoms with Gasteiger partial charge in [0.25, 0.3) is 0 Å². The fourth-order valence-electron chi connectivity index (χ4n) is 4.26. The molecule has 0 spiro atoms. The van der Waals surface area contributed by atoms with E-state index in [0.29, 0.717) is 17.2 Å². The average molecular weight is 474 g/mol. The number of aromatic nitrogens is 8. The van der Waals surface area contributed by atoms with Gasteiger partial charge in [-0.2, -0.15) is 5.10 Å². The van der Waals surface area contributed by atoms with Crippen molar-refractivity contribution in [3.05, 3.63) is 67.5 Å². The fraction of sp³-hybridized carbons (Fsp3) is 0.115. The van der Waals surface area contributed by atoms with E-state index in [1.54, 1.807) is 37.2 Å². The van der Waals surface area contributed by atoms with Gasteiger partial charge in [0.15, 0.2) is 11.5 Å². The third-order valence-electron chi connectivity index (χ3n) is 6.27. The number of anilines is 1. The van der Waals surface area contributed by atoms with Crippen LogP contribution in [0.2, 0.25) is 0 Å². The van der Waals surface area contributed by atoms with Gasteiger partial charge in [-0.3, -0.25) is 24.8 Å². The number of imidazole rings is 1. The quantitative estimate of drug-likeness (QED) is 0.338. The van der Waals surface area contributed by atoms with Crippen LogP contribution in [0.4, 0.5) is 5.69 Å². The van der Waals surface area contributed by atoms with Gasteiger partial charge in [-0.05, 0) is 43.2 Å². The summed E-state index contributed by atoms with van der Waals surface area (Å²) in [6, 6.07) is 9.63. The topological polar surface area (TPSA) is 138 Å². The van der Waals surface area contributed by atoms with E-state index < -0.39 is 0 Å². The van der Waals surface area contributed by atoms with Crippen LogP contribution in [-0.2, 0) is 4.79 Å². The highest BCUT2D eigenvalue weighted by Gasteiger charge is 2.29. The number of H-pyrrole nitrogens is 2. The number of hydrogen-bond donors (Lipinski definition) is 3. The molecule has 0 bridgehead atoms. The molecule has 0 aromatic carbocycles. The molecule has 0 saturated heterocycles. The van der Waals surface area contributed by atoms with Gasteiger partial charge in [-0.25, -0.2) is 9.97 Å². The van der Waals surface area contributed by atoms with Gasteiger partial charge in [0.2, 0.25) is 5.91 Å². The summed E-state index contributed by atoms with van der Waals surface area (Å²) in [5, 5.41) is 11.2. The maximum Gasteiger partial charge on any atom is 0.227 e. The lowest BCUT2D eigenvalue weighted by atomic mass is 10.1. The summed E-state index contributed by atoms with van der Waals surface area (Å²) >= 11 is 0. The second kappa shape index (κ2) is 8.05. The Bertz CT molecular complexity index is 1750. The van der Waals surface area contributed by atoms with Crippen LogP contribution < -0.4 is 5.32 Å². The van der Waals surface area contributed by atoms with Crippen molar-refractivity contribution < 1.29 is 4.79 Å². The van der Waals surface area contributed by atoms with Crippen LogP contribution in [0.25, 0.3) is 56.0 Å². The average Bonchev–Trinajstić information content (AvgIpc) is 3.55. The zero-order valence-corrected chi connectivity index (χ0v) is 18.9. The number of nitrogens with zero attached hydrogens (tertiary/aromatic N) is 6. The number of carbonyl (C=O) groups excluding carboxylic acids is 1. The number of nitrogens with one attached hydrogen (secondary N) is 3. The maximum absolute atomic E-state index is 12.2. The van der Waals surface area contributed by atoms with E-state index in [1.807, 2.05) is 30.3 Å². The van der Waals surface area contributed by atoms with Crippen molar-refractivity contribution >= 4 is 33.7 Å². The Morgan fingerprint density at radius 1 is 0.944 bits per heavy atom. The van der Waals surface area contributed by atoms with Crippen LogP contribution in [-0.4, -0.2) is 46.0 Å². The van der Waals surface area contributed by atoms with Crippen LogP contribution in [0.5, 0.6) is 0 Å². The van der Waals surface area contributed by atoms with Crippen LogP contribution >= 0.6 is 0 Å². The molecular formula is C26H19N9O. The molecule has 0 unspecified atom stereocenters. The molecule has 6 heterocycles. The first-order valence-electron chi connectivity index (χ1n) is 11.6. The van der Waals surface area contributed by atoms with Crippen LogP contribution in [0, 0.1) is 5.92 Å². The Hall–Kier alpha value is -4.99. The van der Waals surface area contributed by atoms with E-state index in [1.165, 1.54) is 0 Å². The Kier molecular flexibility index (Phi) is 4.56. The summed E-state index contributed by atoms with van der Waals surface area (Å²) in [6.45, 7) is 0. The van der Waals surface area contributed by atoms with E-state index in [9.17, 15) is 4.79 Å². The molecule has 1 aliphatic carbocycles. The van der Waals surface area contributed by atoms with Crippen molar-refractivity contribution in [3.63, 3.8) is 0 Å². The summed E-state index contributed by atoms with van der Waals surface area (Å²) in [7, 11) is 0. The molecule has 0 atom stereocenters. The monoisotopic (exact) mass is 473 g/mol. The molecule has 0 radical (unpaired) electrons. The zero-order valence-electron chi connectivity index (χ0n) is 18.9. The Labute approximate surface area is 204 Å². The van der Waals surface area contributed by atoms with Crippen molar-refractivity contribution in [3.8, 4) is 33.9 Å². The molecule has 0 aliphatic heterocycles. The molecule has 36 heavy (non-hydrogen) atoms. The van der Waals surface area contributed by atoms with Gasteiger partial charge in [0.05, 0.1) is 28.5 Å². The van der Waals surface area contributed by atoms with Crippen molar-refractivity contribution in [2.45, 2.75) is 12.8 Å². The minimum Gasteiger partial charge on any atom is -0.337 e. The molecule has 6 aromatic rings. The summed E-state index contributed by atoms with van der Waals surface area (Å²) in [4.78, 5) is 38.0. The predicted molar refractivity (Wildman–Crippen MR) is 135 cm³/mol. The summed E-state index contributed by atoms with van der Waals surface area (Å²) in [5.74, 6) is 0.802. The zero-order chi connectivity index (χ0) is 24.1. The molecule has 1 fully saturated rings. The number of carbonyl (C=O) groups is 1. The first-order valence-corrected chi connectivity index (χ1v) is 11.6. The Balaban J connectivity index is 1.28. The highest BCUT2D eigenvalue weighted by molar-refractivity contribution is 5.97. The number of hydrogen-bond acceptors (Lipinski definition) is 7. The Morgan fingerprint density at radius 2 is 1.83 bits per heavy atom. The minimum atomic E-state index is 0.0460. The van der Waals surface area contributed by atoms with Gasteiger partial charge in [-0.15, -0.1) is 0 Å². The molecule has 1 saturated carbocycles. The summed E-state index contributed by atoms with van der Waals surface area (Å²) in [5.41, 5.74) is 6.91. The third-order valence-corrected chi connectivity index (χ3v) is 6.27. The molecule has 10 heteroatoms. The van der Waals surface area contributed by atoms with Crippen molar-refractivity contribution in [2.75, 3.05) is 5.32 Å². The smallest absolute Gasteiger partial charge is 0.227 e. The molecule has 174 valence electrons. The first kappa shape index (κ1) is 20.4. The fourth-order valence-corrected chi connectivity index (χ4v) is 4.26. The highest BCUT2D eigenvalue weighted by atomic mass is 16.2. The summed E-state index contributed by atoms with van der Waals surface area (Å²) < 4.78 is 0. The number of amides is 1. The van der Waals surface area contributed by atoms with Gasteiger partial charge in [0.1, 0.15) is 11.2 Å². The number of fused-ring (bicyclic) bond motifs is 2. The van der Waals surface area contributed by atoms with E-state index in [4.69, 9.17) is 4.98 Å². The van der Waals surface area contributed by atoms with Crippen molar-refractivity contribution in [1.82, 2.24) is 40.1 Å². The van der Waals surface area contributed by atoms with E-state index in [-0.39, 0.29) is 11.8 Å². The molecule has 1 aliphatic rings. The van der Waals surface area contributed by atoms with Gasteiger partial charge < -0.3 is 10.3 Å². The molecule has 6 aromatic heterocycles. The number of aromatic amines is 2. The molecule has 1 amide bonds. The van der Waals surface area contributed by atoms with E-state index in [2.05, 4.69) is 40.4 Å². The van der Waals surface area contributed by atoms with Gasteiger partial charge in [-0.1, -0.05) is 0 Å². The lowest BCUT2D eigenvalue weighted by Crippen LogP contribution is -2.13. The van der Waals surface area contributed by atoms with Crippen LogP contribution in [0.3, 0.4) is 0 Å². The minimum absolute atomic E-state index is 0.0460. The molecule has 7 rings (SSSR count). The Morgan fingerprint density at radius 3 is 2.69 bits per heavy atom. The lowest BCUT2D eigenvalue weighted by Gasteiger charge is -2.06. The number of pyridine rings is 4. The third kappa shape index (κ3) is 3.56. The number of rotatable bonds is 5. The normalized spacial score (nSPS) is 13.3. The standard InChI is InChI=1S/C26H19N9O/c36-26(14-3-4-14)31-18-8-16(11-28-13-18)17-9-19-22(34-35-24(19)30-12-17)25-32-20-5-7-29-21(23(20)33-25)15-2-1-6-27-10-15/h1-2,5-14H,3-4H2,(H,31,36)(H,32,33)(H,30,34,35). The maximum atomic E-state index is 12.2. The van der Waals surface area contributed by atoms with Crippen LogP contribution in [0.15, 0.2) is 67.5 Å². The molecular weight excluding hydrogens is 454 g/mol. The van der Waals surface area contributed by atoms with Crippen molar-refractivity contribution in [2.24, 2.45) is 5.92 Å². The lowest BCUT2D eigenvalue weighted by molar-refractivity contribution is -0.117. The largest absolute Gasteiger partial charge is 0.337 e. The second-order valence-electron chi connectivity index (χ2n) is 8.80. The second-order valence-corrected chi connectivity index (χ2v) is 8.80. The predicted octanol–water partition coefficient (Wildman–Crippen LogP) is 4.37. The van der Waals surface area contributed by atoms with E-state index in [0.717, 1.165) is 57.3 Å². The molecule has 10 nitrogen and oxygen atoms in total. The molecule has 3 N–H and O–H groups in total. The van der Waals surface area contributed by atoms with Crippen LogP contribution in [0.1, 0.15) is 12.8 Å². The SMILES string of the molecule is O=C(Nc1cncc(-c2cnc3n[nH]c(-c4nc5c(-c6cccnc6)nccc5[nH]4)c3c2)c1)C1CC1. The van der Waals surface area contributed by atoms with Gasteiger partial charge >= 0.3 is 0 Å². The van der Waals surface area contributed by atoms with E-state index >= 15 is 0 Å². The highest BCUT2D eigenvalue weighted by Crippen LogP contribution is 2.33.